The molecule has 0 aromatic heterocycles. The number of halogens is 14. The average Bonchev–Trinajstić information content (AvgIpc) is 0.810. The highest BCUT2D eigenvalue weighted by Gasteiger charge is 2.31. The highest BCUT2D eigenvalue weighted by molar-refractivity contribution is 6.58. The van der Waals surface area contributed by atoms with Crippen LogP contribution in [0.1, 0.15) is 114 Å². The van der Waals surface area contributed by atoms with Crippen molar-refractivity contribution >= 4 is 18.9 Å². The third-order valence-corrected chi connectivity index (χ3v) is 17.7. The molecule has 30 heteroatoms. The largest absolute Gasteiger partial charge is 0.491 e. The van der Waals surface area contributed by atoms with E-state index in [-0.39, 0.29) is 116 Å². The quantitative estimate of drug-likeness (QED) is 0.0238. The van der Waals surface area contributed by atoms with Crippen LogP contribution in [0.4, 0.5) is 61.5 Å². The lowest BCUT2D eigenvalue weighted by Gasteiger charge is -2.29. The highest BCUT2D eigenvalue weighted by atomic mass is 19.2. The molecule has 4 aliphatic rings. The van der Waals surface area contributed by atoms with Gasteiger partial charge in [-0.2, -0.15) is 0 Å². The second-order valence-corrected chi connectivity index (χ2v) is 26.9. The number of ether oxygens (including phenoxy) is 11. The van der Waals surface area contributed by atoms with Gasteiger partial charge >= 0.3 is 7.12 Å². The third kappa shape index (κ3) is 25.9. The molecule has 4 fully saturated rings. The molecule has 0 bridgehead atoms. The van der Waals surface area contributed by atoms with Crippen LogP contribution in [0.2, 0.25) is 0 Å². The fourth-order valence-corrected chi connectivity index (χ4v) is 11.9. The molecule has 114 heavy (non-hydrogen) atoms. The van der Waals surface area contributed by atoms with Crippen LogP contribution in [0, 0.1) is 105 Å². The topological polar surface area (TPSA) is 179 Å². The van der Waals surface area contributed by atoms with Gasteiger partial charge < -0.3 is 67.3 Å². The number of aryl methyl sites for hydroxylation is 3. The molecule has 0 radical (unpaired) electrons. The van der Waals surface area contributed by atoms with Crippen LogP contribution in [-0.2, 0) is 57.2 Å². The van der Waals surface area contributed by atoms with Gasteiger partial charge in [-0.25, -0.2) is 61.5 Å². The summed E-state index contributed by atoms with van der Waals surface area (Å²) < 4.78 is 252. The van der Waals surface area contributed by atoms with Gasteiger partial charge in [0.05, 0.1) is 79.3 Å². The van der Waals surface area contributed by atoms with E-state index in [1.165, 1.54) is 103 Å². The zero-order valence-corrected chi connectivity index (χ0v) is 62.0. The Labute approximate surface area is 649 Å². The number of hydrogen-bond acceptors (Lipinski definition) is 15. The molecular weight excluding hydrogens is 1530 g/mol. The minimum Gasteiger partial charge on any atom is -0.487 e. The van der Waals surface area contributed by atoms with E-state index in [4.69, 9.17) is 67.3 Å². The van der Waals surface area contributed by atoms with Gasteiger partial charge in [-0.15, -0.1) is 0 Å². The molecule has 0 unspecified atom stereocenters. The van der Waals surface area contributed by atoms with E-state index < -0.39 is 108 Å². The van der Waals surface area contributed by atoms with E-state index in [1.54, 1.807) is 30.3 Å². The molecular formula is C84H83BF14O15. The second kappa shape index (κ2) is 44.0. The lowest BCUT2D eigenvalue weighted by atomic mass is 9.79. The monoisotopic (exact) mass is 1610 g/mol. The molecule has 610 valence electrons. The smallest absolute Gasteiger partial charge is 0.487 e. The molecule has 13 rings (SSSR count). The SMILES string of the molecule is CCCc1cc(F)c(OCC2COC(c3ccc(-c4cc(F)c(F)c(F)c4)c(F)c3)OC2)c(F)c1.CCCc1cc(F)c(OCC2COC(c3ccc(B(O)O)c(F)c3)OC2)c(F)c1.CCCc1cc(F)c(OCC2COC(c3cccc(F)c3)OC2)c(F)c1.O=Cc1cccc(F)c1.OCC1COC(c2cccc(F)c2)OC1. The highest BCUT2D eigenvalue weighted by Crippen LogP contribution is 2.35. The molecule has 4 heterocycles. The molecule has 9 aromatic carbocycles. The number of hydrogen-bond donors (Lipinski definition) is 3. The summed E-state index contributed by atoms with van der Waals surface area (Å²) in [6.45, 7) is 7.93. The Hall–Kier alpha value is -9.31. The molecule has 0 aliphatic carbocycles. The maximum Gasteiger partial charge on any atom is 0.491 e. The van der Waals surface area contributed by atoms with Crippen molar-refractivity contribution < 1.29 is 134 Å². The molecule has 15 nitrogen and oxygen atoms in total. The van der Waals surface area contributed by atoms with Gasteiger partial charge in [-0.3, -0.25) is 4.79 Å². The number of aliphatic hydroxyl groups is 1. The van der Waals surface area contributed by atoms with Crippen molar-refractivity contribution in [3.63, 3.8) is 0 Å². The van der Waals surface area contributed by atoms with Crippen LogP contribution in [0.5, 0.6) is 17.2 Å². The van der Waals surface area contributed by atoms with Gasteiger partial charge in [-0.1, -0.05) is 101 Å². The van der Waals surface area contributed by atoms with E-state index in [0.29, 0.717) is 109 Å². The van der Waals surface area contributed by atoms with E-state index in [1.807, 2.05) is 20.8 Å². The standard InChI is InChI=1S/C26H22F6O3.C20H22BF3O5.C20H21F3O3.C11H13FO3.C7H5FO/c1-2-3-14-6-22(30)25(23(31)7-14)33-11-15-12-34-26(35-13-15)16-4-5-18(19(27)8-16)17-9-20(28)24(32)21(29)10-17;1-2-3-12-6-17(23)19(18(24)7-12)27-9-13-10-28-20(29-11-13)14-4-5-15(21(25)26)16(22)8-14;1-2-4-13-7-17(22)19(18(23)8-13)24-10-14-11-25-20(26-12-14)15-5-3-6-16(21)9-15;12-10-3-1-2-9(4-10)11-14-6-8(5-13)7-15-11;8-7-3-1-2-6(4-7)5-9/h4-10,15,26H,2-3,11-13H2,1H3;4-8,13,20,25-26H,2-3,9-11H2,1H3;3,5-9,14,20H,2,4,10-12H2,1H3;1-4,8,11,13H,5-7H2;1-5H. The molecule has 4 aliphatic heterocycles. The van der Waals surface area contributed by atoms with E-state index in [2.05, 4.69) is 0 Å². The van der Waals surface area contributed by atoms with Crippen molar-refractivity contribution in [1.29, 1.82) is 0 Å². The molecule has 9 aromatic rings. The summed E-state index contributed by atoms with van der Waals surface area (Å²) in [4.78, 5) is 9.99. The molecule has 3 N–H and O–H groups in total. The van der Waals surface area contributed by atoms with Crippen molar-refractivity contribution in [3.8, 4) is 28.4 Å². The predicted molar refractivity (Wildman–Crippen MR) is 390 cm³/mol. The first kappa shape index (κ1) is 88.6. The first-order chi connectivity index (χ1) is 54.8. The van der Waals surface area contributed by atoms with E-state index in [9.17, 15) is 66.3 Å². The van der Waals surface area contributed by atoms with Crippen molar-refractivity contribution in [2.75, 3.05) is 79.3 Å². The van der Waals surface area contributed by atoms with Gasteiger partial charge in [0.15, 0.2) is 94.8 Å². The fraction of sp³-hybridized carbons (Fsp3) is 0.345. The molecule has 4 saturated heterocycles. The van der Waals surface area contributed by atoms with Crippen LogP contribution >= 0.6 is 0 Å². The van der Waals surface area contributed by atoms with Crippen LogP contribution < -0.4 is 19.7 Å². The predicted octanol–water partition coefficient (Wildman–Crippen LogP) is 17.3. The van der Waals surface area contributed by atoms with Gasteiger partial charge in [-0.05, 0) is 139 Å². The van der Waals surface area contributed by atoms with Gasteiger partial charge in [0.2, 0.25) is 0 Å². The van der Waals surface area contributed by atoms with Crippen LogP contribution in [-0.4, -0.2) is 108 Å². The lowest BCUT2D eigenvalue weighted by Crippen LogP contribution is -2.34. The third-order valence-electron chi connectivity index (χ3n) is 17.7. The van der Waals surface area contributed by atoms with Crippen molar-refractivity contribution in [1.82, 2.24) is 0 Å². The Morgan fingerprint density at radius 1 is 0.368 bits per heavy atom. The summed E-state index contributed by atoms with van der Waals surface area (Å²) in [5, 5.41) is 27.0. The van der Waals surface area contributed by atoms with Crippen LogP contribution in [0.25, 0.3) is 11.1 Å². The van der Waals surface area contributed by atoms with Gasteiger partial charge in [0.25, 0.3) is 0 Å². The fourth-order valence-electron chi connectivity index (χ4n) is 11.9. The number of carbonyl (C=O) groups is 1. The Morgan fingerprint density at radius 2 is 0.693 bits per heavy atom. The zero-order chi connectivity index (χ0) is 82.0. The number of rotatable bonds is 23. The number of benzene rings is 9. The first-order valence-electron chi connectivity index (χ1n) is 36.5. The summed E-state index contributed by atoms with van der Waals surface area (Å²) in [7, 11) is -1.91. The first-order valence-corrected chi connectivity index (χ1v) is 36.5. The summed E-state index contributed by atoms with van der Waals surface area (Å²) in [6, 6.07) is 34.4. The lowest BCUT2D eigenvalue weighted by molar-refractivity contribution is -0.209. The molecule has 0 amide bonds. The summed E-state index contributed by atoms with van der Waals surface area (Å²) >= 11 is 0. The molecule has 0 spiro atoms. The zero-order valence-electron chi connectivity index (χ0n) is 62.0. The van der Waals surface area contributed by atoms with Crippen molar-refractivity contribution in [3.05, 3.63) is 284 Å². The number of aliphatic hydroxyl groups excluding tert-OH is 1. The summed E-state index contributed by atoms with van der Waals surface area (Å²) in [5.41, 5.74) is 3.55. The van der Waals surface area contributed by atoms with Gasteiger partial charge in [0.1, 0.15) is 35.4 Å². The Kier molecular flexibility index (Phi) is 34.2. The van der Waals surface area contributed by atoms with Crippen molar-refractivity contribution in [2.45, 2.75) is 84.5 Å². The van der Waals surface area contributed by atoms with Crippen LogP contribution in [0.15, 0.2) is 158 Å². The Balaban J connectivity index is 0.000000172. The van der Waals surface area contributed by atoms with Gasteiger partial charge in [0, 0.05) is 62.5 Å². The Bertz CT molecular complexity index is 4480. The number of carbonyl (C=O) groups excluding carboxylic acids is 1. The minimum absolute atomic E-state index is 0.00229. The van der Waals surface area contributed by atoms with Crippen LogP contribution in [0.3, 0.4) is 0 Å². The minimum atomic E-state index is -1.91. The normalized spacial score (nSPS) is 19.2. The van der Waals surface area contributed by atoms with E-state index >= 15 is 0 Å². The maximum atomic E-state index is 14.7. The number of aldehydes is 1. The Morgan fingerprint density at radius 3 is 0.991 bits per heavy atom. The summed E-state index contributed by atoms with van der Waals surface area (Å²) in [5.74, 6) is -13.6. The van der Waals surface area contributed by atoms with E-state index in [0.717, 1.165) is 31.4 Å². The molecule has 0 atom stereocenters. The molecule has 0 saturated carbocycles. The summed E-state index contributed by atoms with van der Waals surface area (Å²) in [6.07, 6.45) is 1.80. The maximum absolute atomic E-state index is 14.7. The second-order valence-electron chi connectivity index (χ2n) is 26.9. The van der Waals surface area contributed by atoms with Crippen molar-refractivity contribution in [2.24, 2.45) is 23.7 Å². The average molecular weight is 1610 g/mol.